The van der Waals surface area contributed by atoms with Gasteiger partial charge in [-0.1, -0.05) is 32.0 Å². The molecule has 1 unspecified atom stereocenters. The topological polar surface area (TPSA) is 92.5 Å². The second-order valence-electron chi connectivity index (χ2n) is 5.70. The van der Waals surface area contributed by atoms with E-state index in [4.69, 9.17) is 5.73 Å². The number of carbonyl (C=O) groups excluding carboxylic acids is 1. The highest BCUT2D eigenvalue weighted by molar-refractivity contribution is 7.89. The summed E-state index contributed by atoms with van der Waals surface area (Å²) in [4.78, 5) is 12.2. The maximum absolute atomic E-state index is 12.3. The maximum atomic E-state index is 12.3. The van der Waals surface area contributed by atoms with Gasteiger partial charge in [0.15, 0.2) is 0 Å². The van der Waals surface area contributed by atoms with Gasteiger partial charge in [-0.2, -0.15) is 4.31 Å². The molecule has 8 heteroatoms. The maximum Gasteiger partial charge on any atom is 0.243 e. The molecule has 0 radical (unpaired) electrons. The highest BCUT2D eigenvalue weighted by Crippen LogP contribution is 2.13. The van der Waals surface area contributed by atoms with Crippen LogP contribution in [0, 0.1) is 5.92 Å². The first-order valence-corrected chi connectivity index (χ1v) is 8.72. The van der Waals surface area contributed by atoms with Crippen LogP contribution in [0.15, 0.2) is 35.2 Å². The van der Waals surface area contributed by atoms with Gasteiger partial charge >= 0.3 is 0 Å². The lowest BCUT2D eigenvalue weighted by molar-refractivity contribution is -0.121. The quantitative estimate of drug-likeness (QED) is 0.726. The van der Waals surface area contributed by atoms with Crippen molar-refractivity contribution in [3.8, 4) is 0 Å². The number of hydrogen-bond acceptors (Lipinski definition) is 4. The lowest BCUT2D eigenvalue weighted by Gasteiger charge is -2.21. The average Bonchev–Trinajstić information content (AvgIpc) is 2.46. The number of nitrogens with one attached hydrogen (secondary N) is 1. The Morgan fingerprint density at radius 3 is 2.30 bits per heavy atom. The van der Waals surface area contributed by atoms with Crippen LogP contribution in [-0.4, -0.2) is 44.8 Å². The van der Waals surface area contributed by atoms with E-state index in [1.807, 2.05) is 13.8 Å². The van der Waals surface area contributed by atoms with Crippen LogP contribution < -0.4 is 11.1 Å². The molecule has 1 rings (SSSR count). The number of rotatable bonds is 8. The minimum Gasteiger partial charge on any atom is -0.351 e. The van der Waals surface area contributed by atoms with Crippen molar-refractivity contribution >= 4 is 28.3 Å². The number of sulfonamides is 1. The standard InChI is InChI=1S/C15H25N3O3S.ClH/c1-12(2)9-13(10-16)17-15(19)11-18(3)22(20,21)14-7-5-4-6-8-14;/h4-8,12-13H,9-11,16H2,1-3H3,(H,17,19);1H. The van der Waals surface area contributed by atoms with Gasteiger partial charge in [-0.15, -0.1) is 12.4 Å². The van der Waals surface area contributed by atoms with E-state index in [1.165, 1.54) is 19.2 Å². The molecule has 0 aromatic heterocycles. The molecule has 1 amide bonds. The summed E-state index contributed by atoms with van der Waals surface area (Å²) in [6.07, 6.45) is 0.761. The molecule has 0 aliphatic rings. The zero-order valence-electron chi connectivity index (χ0n) is 13.7. The molecule has 3 N–H and O–H groups in total. The zero-order chi connectivity index (χ0) is 16.8. The van der Waals surface area contributed by atoms with Gasteiger partial charge in [0.1, 0.15) is 0 Å². The molecule has 0 aliphatic carbocycles. The third-order valence-electron chi connectivity index (χ3n) is 3.22. The first kappa shape index (κ1) is 21.9. The predicted molar refractivity (Wildman–Crippen MR) is 93.9 cm³/mol. The number of hydrogen-bond donors (Lipinski definition) is 2. The van der Waals surface area contributed by atoms with E-state index in [-0.39, 0.29) is 35.8 Å². The Labute approximate surface area is 144 Å². The van der Waals surface area contributed by atoms with Gasteiger partial charge in [-0.3, -0.25) is 4.79 Å². The molecule has 23 heavy (non-hydrogen) atoms. The van der Waals surface area contributed by atoms with E-state index in [0.29, 0.717) is 12.5 Å². The van der Waals surface area contributed by atoms with Crippen molar-refractivity contribution in [2.24, 2.45) is 11.7 Å². The van der Waals surface area contributed by atoms with Crippen molar-refractivity contribution in [3.63, 3.8) is 0 Å². The van der Waals surface area contributed by atoms with Crippen LogP contribution in [0.2, 0.25) is 0 Å². The van der Waals surface area contributed by atoms with Gasteiger partial charge in [0.2, 0.25) is 15.9 Å². The van der Waals surface area contributed by atoms with Crippen LogP contribution in [0.5, 0.6) is 0 Å². The van der Waals surface area contributed by atoms with E-state index < -0.39 is 10.0 Å². The first-order chi connectivity index (χ1) is 10.3. The Hall–Kier alpha value is -1.15. The molecule has 0 spiro atoms. The summed E-state index contributed by atoms with van der Waals surface area (Å²) in [6, 6.07) is 7.90. The molecule has 0 aliphatic heterocycles. The minimum absolute atomic E-state index is 0. The van der Waals surface area contributed by atoms with Crippen LogP contribution in [-0.2, 0) is 14.8 Å². The van der Waals surface area contributed by atoms with Crippen molar-refractivity contribution in [3.05, 3.63) is 30.3 Å². The highest BCUT2D eigenvalue weighted by Gasteiger charge is 2.23. The molecule has 0 saturated carbocycles. The fourth-order valence-corrected chi connectivity index (χ4v) is 3.26. The highest BCUT2D eigenvalue weighted by atomic mass is 35.5. The van der Waals surface area contributed by atoms with Crippen molar-refractivity contribution in [1.82, 2.24) is 9.62 Å². The molecular formula is C15H26ClN3O3S. The van der Waals surface area contributed by atoms with Crippen LogP contribution in [0.3, 0.4) is 0 Å². The Morgan fingerprint density at radius 1 is 1.26 bits per heavy atom. The van der Waals surface area contributed by atoms with Gasteiger partial charge in [0.25, 0.3) is 0 Å². The summed E-state index contributed by atoms with van der Waals surface area (Å²) in [6.45, 7) is 4.19. The minimum atomic E-state index is -3.66. The lowest BCUT2D eigenvalue weighted by atomic mass is 10.0. The Morgan fingerprint density at radius 2 is 1.83 bits per heavy atom. The normalized spacial score (nSPS) is 12.8. The number of likely N-dealkylation sites (N-methyl/N-ethyl adjacent to an activating group) is 1. The molecule has 132 valence electrons. The van der Waals surface area contributed by atoms with Gasteiger partial charge in [-0.05, 0) is 24.5 Å². The first-order valence-electron chi connectivity index (χ1n) is 7.28. The molecule has 6 nitrogen and oxygen atoms in total. The van der Waals surface area contributed by atoms with Crippen LogP contribution >= 0.6 is 12.4 Å². The number of benzene rings is 1. The molecular weight excluding hydrogens is 338 g/mol. The van der Waals surface area contributed by atoms with E-state index in [1.54, 1.807) is 18.2 Å². The summed E-state index contributed by atoms with van der Waals surface area (Å²) in [5.41, 5.74) is 5.63. The lowest BCUT2D eigenvalue weighted by Crippen LogP contribution is -2.46. The van der Waals surface area contributed by atoms with Crippen molar-refractivity contribution in [2.75, 3.05) is 20.1 Å². The van der Waals surface area contributed by atoms with Crippen molar-refractivity contribution < 1.29 is 13.2 Å². The Bertz CT molecular complexity index is 579. The number of carbonyl (C=O) groups is 1. The van der Waals surface area contributed by atoms with E-state index >= 15 is 0 Å². The van der Waals surface area contributed by atoms with E-state index in [9.17, 15) is 13.2 Å². The van der Waals surface area contributed by atoms with Crippen LogP contribution in [0.1, 0.15) is 20.3 Å². The monoisotopic (exact) mass is 363 g/mol. The molecule has 0 saturated heterocycles. The molecule has 0 fully saturated rings. The Kier molecular flexibility index (Phi) is 9.38. The second-order valence-corrected chi connectivity index (χ2v) is 7.75. The number of amides is 1. The molecule has 0 bridgehead atoms. The van der Waals surface area contributed by atoms with Crippen molar-refractivity contribution in [1.29, 1.82) is 0 Å². The number of nitrogens with two attached hydrogens (primary N) is 1. The molecule has 0 heterocycles. The fourth-order valence-electron chi connectivity index (χ4n) is 2.12. The number of nitrogens with zero attached hydrogens (tertiary/aromatic N) is 1. The van der Waals surface area contributed by atoms with Crippen LogP contribution in [0.4, 0.5) is 0 Å². The Balaban J connectivity index is 0.00000484. The molecule has 1 aromatic rings. The fraction of sp³-hybridized carbons (Fsp3) is 0.533. The largest absolute Gasteiger partial charge is 0.351 e. The van der Waals surface area contributed by atoms with Crippen LogP contribution in [0.25, 0.3) is 0 Å². The predicted octanol–water partition coefficient (Wildman–Crippen LogP) is 1.22. The van der Waals surface area contributed by atoms with Gasteiger partial charge in [-0.25, -0.2) is 8.42 Å². The van der Waals surface area contributed by atoms with E-state index in [2.05, 4.69) is 5.32 Å². The summed E-state index contributed by atoms with van der Waals surface area (Å²) >= 11 is 0. The summed E-state index contributed by atoms with van der Waals surface area (Å²) in [5, 5.41) is 2.78. The summed E-state index contributed by atoms with van der Waals surface area (Å²) < 4.78 is 25.7. The van der Waals surface area contributed by atoms with Crippen molar-refractivity contribution in [2.45, 2.75) is 31.2 Å². The van der Waals surface area contributed by atoms with Gasteiger partial charge < -0.3 is 11.1 Å². The molecule has 1 atom stereocenters. The van der Waals surface area contributed by atoms with E-state index in [0.717, 1.165) is 10.7 Å². The summed E-state index contributed by atoms with van der Waals surface area (Å²) in [5.74, 6) is 0.0535. The SMILES string of the molecule is CC(C)CC(CN)NC(=O)CN(C)S(=O)(=O)c1ccccc1.Cl. The summed E-state index contributed by atoms with van der Waals surface area (Å²) in [7, 11) is -2.27. The smallest absolute Gasteiger partial charge is 0.243 e. The zero-order valence-corrected chi connectivity index (χ0v) is 15.4. The molecule has 1 aromatic carbocycles. The van der Waals surface area contributed by atoms with Gasteiger partial charge in [0.05, 0.1) is 11.4 Å². The second kappa shape index (κ2) is 9.87. The number of halogens is 1. The van der Waals surface area contributed by atoms with Gasteiger partial charge in [0, 0.05) is 19.6 Å². The third-order valence-corrected chi connectivity index (χ3v) is 5.04. The third kappa shape index (κ3) is 6.87. The average molecular weight is 364 g/mol.